The molecule has 0 bridgehead atoms. The van der Waals surface area contributed by atoms with Gasteiger partial charge in [-0.3, -0.25) is 23.7 Å². The number of carbonyl (C=O) groups is 4. The van der Waals surface area contributed by atoms with Gasteiger partial charge in [0.15, 0.2) is 5.25 Å². The van der Waals surface area contributed by atoms with E-state index in [1.54, 1.807) is 0 Å². The van der Waals surface area contributed by atoms with Gasteiger partial charge in [-0.05, 0) is 12.8 Å². The van der Waals surface area contributed by atoms with Crippen LogP contribution in [0.2, 0.25) is 0 Å². The molecule has 0 aliphatic rings. The molecule has 0 aliphatic heterocycles. The van der Waals surface area contributed by atoms with Gasteiger partial charge in [0, 0.05) is 0 Å². The summed E-state index contributed by atoms with van der Waals surface area (Å²) >= 11 is 0. The Kier molecular flexibility index (Phi) is 19.9. The maximum absolute atomic E-state index is 12.1. The lowest BCUT2D eigenvalue weighted by Crippen LogP contribution is -2.51. The van der Waals surface area contributed by atoms with Gasteiger partial charge in [0.2, 0.25) is 0 Å². The van der Waals surface area contributed by atoms with Crippen LogP contribution in [0.1, 0.15) is 117 Å². The van der Waals surface area contributed by atoms with Crippen molar-refractivity contribution in [3.8, 4) is 0 Å². The summed E-state index contributed by atoms with van der Waals surface area (Å²) in [5.74, 6) is -5.42. The maximum Gasteiger partial charge on any atom is 0.325 e. The van der Waals surface area contributed by atoms with E-state index in [0.717, 1.165) is 51.4 Å². The number of rotatable bonds is 21. The second-order valence-corrected chi connectivity index (χ2v) is 10.5. The average molecular weight is 541 g/mol. The number of hydrogen-bond acceptors (Lipinski definition) is 6. The summed E-state index contributed by atoms with van der Waals surface area (Å²) in [6, 6.07) is 0. The monoisotopic (exact) mass is 540 g/mol. The van der Waals surface area contributed by atoms with Gasteiger partial charge < -0.3 is 20.4 Å². The zero-order valence-corrected chi connectivity index (χ0v) is 22.3. The molecule has 0 heterocycles. The summed E-state index contributed by atoms with van der Waals surface area (Å²) in [7, 11) is -5.05. The third kappa shape index (κ3) is 16.5. The van der Waals surface area contributed by atoms with E-state index in [1.165, 1.54) is 0 Å². The summed E-state index contributed by atoms with van der Waals surface area (Å²) in [6.45, 7) is 4.17. The number of carboxylic acid groups (broad SMARTS) is 4. The van der Waals surface area contributed by atoms with Crippen molar-refractivity contribution >= 4 is 34.0 Å². The van der Waals surface area contributed by atoms with Crippen LogP contribution in [-0.2, 0) is 29.3 Å². The zero-order valence-electron chi connectivity index (χ0n) is 21.5. The predicted molar refractivity (Wildman–Crippen MR) is 134 cm³/mol. The summed E-state index contributed by atoms with van der Waals surface area (Å²) < 4.78 is 33.1. The maximum atomic E-state index is 12.1. The van der Waals surface area contributed by atoms with E-state index < -0.39 is 44.7 Å². The summed E-state index contributed by atoms with van der Waals surface area (Å²) in [6.07, 6.45) is 9.63. The molecule has 0 aromatic carbocycles. The Labute approximate surface area is 214 Å². The fourth-order valence-electron chi connectivity index (χ4n) is 4.02. The van der Waals surface area contributed by atoms with Crippen LogP contribution in [0.5, 0.6) is 0 Å². The van der Waals surface area contributed by atoms with Crippen LogP contribution in [-0.4, -0.2) is 62.5 Å². The first kappa shape index (κ1) is 35.9. The Morgan fingerprint density at radius 2 is 0.972 bits per heavy atom. The molecule has 36 heavy (non-hydrogen) atoms. The third-order valence-corrected chi connectivity index (χ3v) is 7.20. The van der Waals surface area contributed by atoms with Crippen LogP contribution >= 0.6 is 0 Å². The quantitative estimate of drug-likeness (QED) is 0.0984. The molecule has 0 saturated carbocycles. The van der Waals surface area contributed by atoms with Crippen molar-refractivity contribution in [1.29, 1.82) is 0 Å². The molecule has 5 N–H and O–H groups in total. The van der Waals surface area contributed by atoms with Gasteiger partial charge >= 0.3 is 23.9 Å². The number of carboxylic acids is 4. The molecule has 0 spiro atoms. The molecule has 212 valence electrons. The van der Waals surface area contributed by atoms with Crippen LogP contribution in [0.4, 0.5) is 0 Å². The van der Waals surface area contributed by atoms with Crippen LogP contribution in [0.15, 0.2) is 0 Å². The first-order chi connectivity index (χ1) is 16.8. The highest BCUT2D eigenvalue weighted by Crippen LogP contribution is 2.39. The van der Waals surface area contributed by atoms with E-state index in [1.807, 2.05) is 0 Å². The first-order valence-corrected chi connectivity index (χ1v) is 14.1. The number of aliphatic carboxylic acids is 4. The van der Waals surface area contributed by atoms with Gasteiger partial charge in [-0.2, -0.15) is 8.42 Å². The fourth-order valence-corrected chi connectivity index (χ4v) is 5.18. The summed E-state index contributed by atoms with van der Waals surface area (Å²) in [5.41, 5.74) is -2.01. The normalized spacial score (nSPS) is 12.3. The molecule has 0 fully saturated rings. The van der Waals surface area contributed by atoms with Crippen molar-refractivity contribution in [2.45, 2.75) is 122 Å². The highest BCUT2D eigenvalue weighted by molar-refractivity contribution is 7.87. The minimum Gasteiger partial charge on any atom is -0.481 e. The molecule has 1 atom stereocenters. The van der Waals surface area contributed by atoms with Gasteiger partial charge in [0.1, 0.15) is 0 Å². The molecule has 0 aromatic rings. The topological polar surface area (TPSA) is 204 Å². The fraction of sp³-hybridized carbons (Fsp3) is 0.833. The largest absolute Gasteiger partial charge is 0.481 e. The molecule has 11 nitrogen and oxygen atoms in total. The van der Waals surface area contributed by atoms with Crippen molar-refractivity contribution in [2.75, 3.05) is 0 Å². The molecule has 0 aromatic heterocycles. The van der Waals surface area contributed by atoms with Gasteiger partial charge in [-0.15, -0.1) is 0 Å². The molecule has 1 unspecified atom stereocenters. The summed E-state index contributed by atoms with van der Waals surface area (Å²) in [5, 5.41) is 32.7. The van der Waals surface area contributed by atoms with Crippen molar-refractivity contribution < 1.29 is 52.6 Å². The van der Waals surface area contributed by atoms with Crippen LogP contribution in [0.3, 0.4) is 0 Å². The Morgan fingerprint density at radius 3 is 1.22 bits per heavy atom. The lowest BCUT2D eigenvalue weighted by molar-refractivity contribution is -0.156. The number of unbranched alkanes of at least 4 members (excludes halogenated alkanes) is 10. The highest BCUT2D eigenvalue weighted by Gasteiger charge is 2.55. The van der Waals surface area contributed by atoms with Gasteiger partial charge in [-0.25, -0.2) is 0 Å². The second-order valence-electron chi connectivity index (χ2n) is 9.02. The van der Waals surface area contributed by atoms with Crippen LogP contribution in [0.25, 0.3) is 0 Å². The lowest BCUT2D eigenvalue weighted by atomic mass is 9.74. The van der Waals surface area contributed by atoms with E-state index >= 15 is 0 Å². The third-order valence-electron chi connectivity index (χ3n) is 5.96. The smallest absolute Gasteiger partial charge is 0.325 e. The van der Waals surface area contributed by atoms with Crippen LogP contribution in [0, 0.1) is 5.41 Å². The van der Waals surface area contributed by atoms with Crippen molar-refractivity contribution in [3.05, 3.63) is 0 Å². The lowest BCUT2D eigenvalue weighted by Gasteiger charge is -2.33. The predicted octanol–water partition coefficient (Wildman–Crippen LogP) is 4.84. The summed E-state index contributed by atoms with van der Waals surface area (Å²) in [4.78, 5) is 43.0. The Bertz CT molecular complexity index is 732. The molecule has 0 radical (unpaired) electrons. The Hall–Kier alpha value is -2.21. The molecule has 0 aliphatic carbocycles. The zero-order chi connectivity index (χ0) is 28.2. The van der Waals surface area contributed by atoms with E-state index in [2.05, 4.69) is 13.8 Å². The van der Waals surface area contributed by atoms with E-state index in [-0.39, 0.29) is 25.7 Å². The van der Waals surface area contributed by atoms with Crippen LogP contribution < -0.4 is 0 Å². The molecular formula is C24H44O11S. The molecular weight excluding hydrogens is 496 g/mol. The van der Waals surface area contributed by atoms with E-state index in [0.29, 0.717) is 25.7 Å². The number of hydrogen-bond donors (Lipinski definition) is 5. The first-order valence-electron chi connectivity index (χ1n) is 12.6. The van der Waals surface area contributed by atoms with E-state index in [9.17, 15) is 42.4 Å². The Morgan fingerprint density at radius 1 is 0.639 bits per heavy atom. The molecule has 0 amide bonds. The highest BCUT2D eigenvalue weighted by atomic mass is 32.2. The minimum absolute atomic E-state index is 0.0693. The Balaban J connectivity index is 0. The van der Waals surface area contributed by atoms with Gasteiger partial charge in [0.05, 0.1) is 18.3 Å². The van der Waals surface area contributed by atoms with E-state index in [4.69, 9.17) is 10.2 Å². The van der Waals surface area contributed by atoms with Crippen molar-refractivity contribution in [1.82, 2.24) is 0 Å². The molecule has 0 rings (SSSR count). The second kappa shape index (κ2) is 19.9. The van der Waals surface area contributed by atoms with Crippen molar-refractivity contribution in [2.24, 2.45) is 5.41 Å². The average Bonchev–Trinajstić information content (AvgIpc) is 2.75. The SMILES string of the molecule is CCCCCCCCC(CCCCCCCC)(C(=O)O)C(C(=O)O)S(=O)(=O)O.O=C(O)CCC(=O)O. The standard InChI is InChI=1S/C20H38O7S.C4H6O4/c1-3-5-7-9-11-13-15-20(19(23)24,16-14-12-10-8-6-4-2)17(18(21)22)28(25,26)27;5-3(6)1-2-4(7)8/h17H,3-16H2,1-2H3,(H,21,22)(H,23,24)(H,25,26,27);1-2H2,(H,5,6)(H,7,8). The van der Waals surface area contributed by atoms with Gasteiger partial charge in [-0.1, -0.05) is 90.9 Å². The minimum atomic E-state index is -5.05. The molecule has 12 heteroatoms. The van der Waals surface area contributed by atoms with Gasteiger partial charge in [0.25, 0.3) is 10.1 Å². The molecule has 0 saturated heterocycles. The van der Waals surface area contributed by atoms with Crippen molar-refractivity contribution in [3.63, 3.8) is 0 Å².